The second-order valence-electron chi connectivity index (χ2n) is 5.84. The smallest absolute Gasteiger partial charge is 0.335 e. The zero-order valence-corrected chi connectivity index (χ0v) is 12.1. The molecule has 3 rings (SSSR count). The van der Waals surface area contributed by atoms with Crippen molar-refractivity contribution in [1.29, 1.82) is 0 Å². The Hall–Kier alpha value is -2.09. The number of aromatic carboxylic acids is 1. The van der Waals surface area contributed by atoms with Gasteiger partial charge in [0.05, 0.1) is 5.56 Å². The number of rotatable bonds is 3. The second kappa shape index (κ2) is 6.13. The summed E-state index contributed by atoms with van der Waals surface area (Å²) in [7, 11) is 0. The minimum atomic E-state index is -0.879. The predicted molar refractivity (Wildman–Crippen MR) is 84.7 cm³/mol. The highest BCUT2D eigenvalue weighted by molar-refractivity contribution is 5.89. The van der Waals surface area contributed by atoms with Crippen LogP contribution in [0.2, 0.25) is 0 Å². The van der Waals surface area contributed by atoms with Crippen LogP contribution in [0.4, 0.5) is 0 Å². The van der Waals surface area contributed by atoms with Crippen LogP contribution < -0.4 is 0 Å². The van der Waals surface area contributed by atoms with Gasteiger partial charge in [-0.05, 0) is 47.6 Å². The molecule has 2 heteroatoms. The van der Waals surface area contributed by atoms with Crippen molar-refractivity contribution >= 4 is 5.97 Å². The fraction of sp³-hybridized carbons (Fsp3) is 0.316. The van der Waals surface area contributed by atoms with Crippen LogP contribution in [-0.4, -0.2) is 11.1 Å². The van der Waals surface area contributed by atoms with Crippen LogP contribution in [0.25, 0.3) is 11.1 Å². The van der Waals surface area contributed by atoms with Gasteiger partial charge in [0.1, 0.15) is 0 Å². The SMILES string of the molecule is O=C(O)c1cccc(-c2ccc(C3CCCCC3)cc2)c1. The summed E-state index contributed by atoms with van der Waals surface area (Å²) in [5.74, 6) is -0.172. The van der Waals surface area contributed by atoms with Crippen LogP contribution in [0.5, 0.6) is 0 Å². The van der Waals surface area contributed by atoms with Gasteiger partial charge in [0.25, 0.3) is 0 Å². The molecule has 2 aromatic carbocycles. The lowest BCUT2D eigenvalue weighted by atomic mass is 9.83. The molecule has 0 saturated heterocycles. The Bertz CT molecular complexity index is 622. The highest BCUT2D eigenvalue weighted by atomic mass is 16.4. The minimum Gasteiger partial charge on any atom is -0.478 e. The Balaban J connectivity index is 1.83. The first kappa shape index (κ1) is 13.9. The maximum absolute atomic E-state index is 11.0. The number of benzene rings is 2. The van der Waals surface area contributed by atoms with E-state index in [0.717, 1.165) is 11.1 Å². The van der Waals surface area contributed by atoms with Crippen molar-refractivity contribution in [2.24, 2.45) is 0 Å². The Morgan fingerprint density at radius 3 is 2.29 bits per heavy atom. The van der Waals surface area contributed by atoms with E-state index >= 15 is 0 Å². The van der Waals surface area contributed by atoms with Gasteiger partial charge in [-0.25, -0.2) is 4.79 Å². The molecular formula is C19H20O2. The van der Waals surface area contributed by atoms with Crippen molar-refractivity contribution in [2.45, 2.75) is 38.0 Å². The van der Waals surface area contributed by atoms with Crippen LogP contribution in [0.1, 0.15) is 53.9 Å². The van der Waals surface area contributed by atoms with Gasteiger partial charge in [0, 0.05) is 0 Å². The molecule has 1 aliphatic rings. The van der Waals surface area contributed by atoms with Crippen molar-refractivity contribution in [3.05, 3.63) is 59.7 Å². The van der Waals surface area contributed by atoms with Gasteiger partial charge < -0.3 is 5.11 Å². The van der Waals surface area contributed by atoms with Crippen LogP contribution in [0.3, 0.4) is 0 Å². The Kier molecular flexibility index (Phi) is 4.05. The third kappa shape index (κ3) is 3.15. The highest BCUT2D eigenvalue weighted by Gasteiger charge is 2.15. The molecule has 1 aliphatic carbocycles. The van der Waals surface area contributed by atoms with E-state index in [4.69, 9.17) is 5.11 Å². The molecule has 0 aliphatic heterocycles. The molecule has 0 amide bonds. The van der Waals surface area contributed by atoms with Crippen molar-refractivity contribution < 1.29 is 9.90 Å². The molecule has 0 unspecified atom stereocenters. The van der Waals surface area contributed by atoms with Crippen LogP contribution in [0.15, 0.2) is 48.5 Å². The average molecular weight is 280 g/mol. The zero-order valence-electron chi connectivity index (χ0n) is 12.1. The fourth-order valence-electron chi connectivity index (χ4n) is 3.22. The fourth-order valence-corrected chi connectivity index (χ4v) is 3.22. The lowest BCUT2D eigenvalue weighted by molar-refractivity contribution is 0.0697. The van der Waals surface area contributed by atoms with Crippen LogP contribution >= 0.6 is 0 Å². The first-order valence-corrected chi connectivity index (χ1v) is 7.68. The van der Waals surface area contributed by atoms with Gasteiger partial charge >= 0.3 is 5.97 Å². The van der Waals surface area contributed by atoms with E-state index in [2.05, 4.69) is 24.3 Å². The summed E-state index contributed by atoms with van der Waals surface area (Å²) in [6.07, 6.45) is 6.65. The van der Waals surface area contributed by atoms with E-state index in [-0.39, 0.29) is 0 Å². The summed E-state index contributed by atoms with van der Waals surface area (Å²) in [5, 5.41) is 9.07. The average Bonchev–Trinajstić information content (AvgIpc) is 2.56. The molecule has 0 radical (unpaired) electrons. The molecule has 0 bridgehead atoms. The molecule has 108 valence electrons. The summed E-state index contributed by atoms with van der Waals surface area (Å²) in [6.45, 7) is 0. The standard InChI is InChI=1S/C19H20O2/c20-19(21)18-8-4-7-17(13-18)16-11-9-15(10-12-16)14-5-2-1-3-6-14/h4,7-14H,1-3,5-6H2,(H,20,21). The molecule has 0 atom stereocenters. The maximum atomic E-state index is 11.0. The van der Waals surface area contributed by atoms with E-state index in [1.807, 2.05) is 6.07 Å². The normalized spacial score (nSPS) is 15.8. The van der Waals surface area contributed by atoms with E-state index in [0.29, 0.717) is 11.5 Å². The molecule has 1 saturated carbocycles. The number of hydrogen-bond acceptors (Lipinski definition) is 1. The van der Waals surface area contributed by atoms with Gasteiger partial charge in [-0.1, -0.05) is 55.7 Å². The lowest BCUT2D eigenvalue weighted by Crippen LogP contribution is -2.04. The number of carboxylic acids is 1. The quantitative estimate of drug-likeness (QED) is 0.849. The monoisotopic (exact) mass is 280 g/mol. The lowest BCUT2D eigenvalue weighted by Gasteiger charge is -2.22. The van der Waals surface area contributed by atoms with Crippen molar-refractivity contribution in [1.82, 2.24) is 0 Å². The Labute approximate surface area is 125 Å². The second-order valence-corrected chi connectivity index (χ2v) is 5.84. The summed E-state index contributed by atoms with van der Waals surface area (Å²) >= 11 is 0. The van der Waals surface area contributed by atoms with E-state index in [9.17, 15) is 4.79 Å². The maximum Gasteiger partial charge on any atom is 0.335 e. The minimum absolute atomic E-state index is 0.337. The number of hydrogen-bond donors (Lipinski definition) is 1. The Morgan fingerprint density at radius 2 is 1.62 bits per heavy atom. The molecule has 2 aromatic rings. The van der Waals surface area contributed by atoms with Gasteiger partial charge in [-0.3, -0.25) is 0 Å². The highest BCUT2D eigenvalue weighted by Crippen LogP contribution is 2.33. The third-order valence-corrected chi connectivity index (χ3v) is 4.43. The predicted octanol–water partition coefficient (Wildman–Crippen LogP) is 5.10. The van der Waals surface area contributed by atoms with Crippen molar-refractivity contribution in [3.63, 3.8) is 0 Å². The molecule has 0 spiro atoms. The number of carboxylic acid groups (broad SMARTS) is 1. The molecule has 21 heavy (non-hydrogen) atoms. The topological polar surface area (TPSA) is 37.3 Å². The molecule has 1 fully saturated rings. The summed E-state index contributed by atoms with van der Waals surface area (Å²) in [5.41, 5.74) is 3.81. The molecule has 0 aromatic heterocycles. The molecule has 2 nitrogen and oxygen atoms in total. The van der Waals surface area contributed by atoms with E-state index in [1.165, 1.54) is 37.7 Å². The van der Waals surface area contributed by atoms with Crippen molar-refractivity contribution in [2.75, 3.05) is 0 Å². The van der Waals surface area contributed by atoms with Gasteiger partial charge in [0.15, 0.2) is 0 Å². The Morgan fingerprint density at radius 1 is 0.905 bits per heavy atom. The molecule has 0 heterocycles. The molecular weight excluding hydrogens is 260 g/mol. The number of carbonyl (C=O) groups is 1. The zero-order chi connectivity index (χ0) is 14.7. The third-order valence-electron chi connectivity index (χ3n) is 4.43. The summed E-state index contributed by atoms with van der Waals surface area (Å²) in [6, 6.07) is 15.8. The van der Waals surface area contributed by atoms with Gasteiger partial charge in [-0.15, -0.1) is 0 Å². The first-order valence-electron chi connectivity index (χ1n) is 7.68. The molecule has 1 N–H and O–H groups in total. The van der Waals surface area contributed by atoms with Crippen LogP contribution in [0, 0.1) is 0 Å². The summed E-state index contributed by atoms with van der Waals surface area (Å²) < 4.78 is 0. The first-order chi connectivity index (χ1) is 10.2. The van der Waals surface area contributed by atoms with E-state index in [1.54, 1.807) is 18.2 Å². The van der Waals surface area contributed by atoms with Gasteiger partial charge in [0.2, 0.25) is 0 Å². The van der Waals surface area contributed by atoms with Crippen molar-refractivity contribution in [3.8, 4) is 11.1 Å². The summed E-state index contributed by atoms with van der Waals surface area (Å²) in [4.78, 5) is 11.0. The van der Waals surface area contributed by atoms with E-state index < -0.39 is 5.97 Å². The largest absolute Gasteiger partial charge is 0.478 e. The van der Waals surface area contributed by atoms with Gasteiger partial charge in [-0.2, -0.15) is 0 Å². The van der Waals surface area contributed by atoms with Crippen LogP contribution in [-0.2, 0) is 0 Å².